The van der Waals surface area contributed by atoms with Gasteiger partial charge in [0.15, 0.2) is 0 Å². The first-order valence-electron chi connectivity index (χ1n) is 8.97. The number of hydrogen-bond acceptors (Lipinski definition) is 6. The first-order chi connectivity index (χ1) is 11.2. The van der Waals surface area contributed by atoms with Gasteiger partial charge in [-0.2, -0.15) is 10.2 Å². The summed E-state index contributed by atoms with van der Waals surface area (Å²) < 4.78 is 5.83. The molecule has 0 unspecified atom stereocenters. The van der Waals surface area contributed by atoms with Crippen LogP contribution in [0.3, 0.4) is 0 Å². The van der Waals surface area contributed by atoms with E-state index in [0.29, 0.717) is 0 Å². The van der Waals surface area contributed by atoms with Crippen LogP contribution in [0.4, 0.5) is 0 Å². The lowest BCUT2D eigenvalue weighted by Gasteiger charge is -2.38. The highest BCUT2D eigenvalue weighted by Crippen LogP contribution is 2.38. The molecule has 6 heteroatoms. The van der Waals surface area contributed by atoms with Gasteiger partial charge in [0, 0.05) is 25.3 Å². The van der Waals surface area contributed by atoms with Gasteiger partial charge in [0.1, 0.15) is 6.10 Å². The zero-order chi connectivity index (χ0) is 15.8. The Labute approximate surface area is 137 Å². The fraction of sp³-hybridized carbons (Fsp3) is 0.824. The SMILES string of the molecule is O=C(OC1CCC2(CC=NN2)CC1)C1CCC2(CC=NN2)CC1. The van der Waals surface area contributed by atoms with Crippen LogP contribution in [0.5, 0.6) is 0 Å². The van der Waals surface area contributed by atoms with Gasteiger partial charge in [-0.25, -0.2) is 0 Å². The fourth-order valence-corrected chi connectivity index (χ4v) is 4.46. The molecule has 0 aromatic heterocycles. The number of hydrazone groups is 2. The quantitative estimate of drug-likeness (QED) is 0.765. The fourth-order valence-electron chi connectivity index (χ4n) is 4.46. The molecule has 6 nitrogen and oxygen atoms in total. The van der Waals surface area contributed by atoms with Crippen LogP contribution in [0.25, 0.3) is 0 Å². The molecular formula is C17H26N4O2. The van der Waals surface area contributed by atoms with Crippen molar-refractivity contribution in [2.45, 2.75) is 81.4 Å². The van der Waals surface area contributed by atoms with Crippen molar-refractivity contribution in [1.82, 2.24) is 10.9 Å². The molecule has 4 aliphatic rings. The lowest BCUT2D eigenvalue weighted by Crippen LogP contribution is -2.45. The first kappa shape index (κ1) is 15.0. The predicted molar refractivity (Wildman–Crippen MR) is 88.3 cm³/mol. The van der Waals surface area contributed by atoms with Crippen molar-refractivity contribution in [2.24, 2.45) is 16.1 Å². The van der Waals surface area contributed by atoms with Crippen molar-refractivity contribution in [2.75, 3.05) is 0 Å². The third kappa shape index (κ3) is 2.95. The molecule has 2 heterocycles. The second-order valence-electron chi connectivity index (χ2n) is 7.73. The highest BCUT2D eigenvalue weighted by molar-refractivity contribution is 5.73. The molecule has 2 aliphatic heterocycles. The molecule has 2 spiro atoms. The number of rotatable bonds is 2. The van der Waals surface area contributed by atoms with Crippen molar-refractivity contribution in [3.8, 4) is 0 Å². The Morgan fingerprint density at radius 2 is 1.43 bits per heavy atom. The summed E-state index contributed by atoms with van der Waals surface area (Å²) in [5.41, 5.74) is 6.76. The summed E-state index contributed by atoms with van der Waals surface area (Å²) in [6.07, 6.45) is 13.9. The van der Waals surface area contributed by atoms with Crippen LogP contribution in [0.2, 0.25) is 0 Å². The van der Waals surface area contributed by atoms with Crippen molar-refractivity contribution in [1.29, 1.82) is 0 Å². The summed E-state index contributed by atoms with van der Waals surface area (Å²) in [5.74, 6) is 0.0993. The third-order valence-corrected chi connectivity index (χ3v) is 6.20. The lowest BCUT2D eigenvalue weighted by molar-refractivity contribution is -0.158. The van der Waals surface area contributed by atoms with Crippen LogP contribution in [0.15, 0.2) is 10.2 Å². The zero-order valence-electron chi connectivity index (χ0n) is 13.6. The van der Waals surface area contributed by atoms with E-state index in [2.05, 4.69) is 21.1 Å². The van der Waals surface area contributed by atoms with Gasteiger partial charge in [-0.15, -0.1) is 0 Å². The highest BCUT2D eigenvalue weighted by atomic mass is 16.5. The average Bonchev–Trinajstić information content (AvgIpc) is 3.21. The van der Waals surface area contributed by atoms with Gasteiger partial charge < -0.3 is 15.6 Å². The molecule has 4 rings (SSSR count). The molecule has 0 atom stereocenters. The molecule has 2 aliphatic carbocycles. The van der Waals surface area contributed by atoms with Gasteiger partial charge in [0.2, 0.25) is 0 Å². The van der Waals surface area contributed by atoms with Crippen molar-refractivity contribution >= 4 is 18.4 Å². The second kappa shape index (κ2) is 5.80. The Balaban J connectivity index is 1.23. The molecule has 0 amide bonds. The Morgan fingerprint density at radius 3 is 1.91 bits per heavy atom. The van der Waals surface area contributed by atoms with Gasteiger partial charge in [0.25, 0.3) is 0 Å². The van der Waals surface area contributed by atoms with Crippen molar-refractivity contribution in [3.63, 3.8) is 0 Å². The molecular weight excluding hydrogens is 292 g/mol. The van der Waals surface area contributed by atoms with Gasteiger partial charge in [-0.1, -0.05) is 0 Å². The number of nitrogens with one attached hydrogen (secondary N) is 2. The molecule has 0 bridgehead atoms. The highest BCUT2D eigenvalue weighted by Gasteiger charge is 2.41. The van der Waals surface area contributed by atoms with Gasteiger partial charge >= 0.3 is 5.97 Å². The van der Waals surface area contributed by atoms with E-state index in [9.17, 15) is 4.79 Å². The first-order valence-corrected chi connectivity index (χ1v) is 8.97. The van der Waals surface area contributed by atoms with Crippen LogP contribution >= 0.6 is 0 Å². The Hall–Kier alpha value is -1.59. The van der Waals surface area contributed by atoms with E-state index >= 15 is 0 Å². The van der Waals surface area contributed by atoms with E-state index < -0.39 is 0 Å². The summed E-state index contributed by atoms with van der Waals surface area (Å²) in [6.45, 7) is 0. The minimum absolute atomic E-state index is 0.0235. The monoisotopic (exact) mass is 318 g/mol. The smallest absolute Gasteiger partial charge is 0.309 e. The van der Waals surface area contributed by atoms with Gasteiger partial charge in [-0.05, 0) is 51.4 Å². The van der Waals surface area contributed by atoms with E-state index in [4.69, 9.17) is 4.74 Å². The van der Waals surface area contributed by atoms with Crippen molar-refractivity contribution < 1.29 is 9.53 Å². The number of ether oxygens (including phenoxy) is 1. The van der Waals surface area contributed by atoms with E-state index in [1.165, 1.54) is 0 Å². The van der Waals surface area contributed by atoms with Crippen LogP contribution < -0.4 is 10.9 Å². The lowest BCUT2D eigenvalue weighted by atomic mass is 9.75. The van der Waals surface area contributed by atoms with Crippen LogP contribution in [-0.4, -0.2) is 35.6 Å². The predicted octanol–water partition coefficient (Wildman–Crippen LogP) is 2.10. The van der Waals surface area contributed by atoms with Crippen LogP contribution in [0.1, 0.15) is 64.2 Å². The second-order valence-corrected chi connectivity index (χ2v) is 7.73. The molecule has 0 aromatic carbocycles. The number of nitrogens with zero attached hydrogens (tertiary/aromatic N) is 2. The van der Waals surface area contributed by atoms with E-state index in [1.807, 2.05) is 12.4 Å². The number of carbonyl (C=O) groups is 1. The summed E-state index contributed by atoms with van der Waals surface area (Å²) in [4.78, 5) is 12.5. The zero-order valence-corrected chi connectivity index (χ0v) is 13.6. The van der Waals surface area contributed by atoms with Crippen LogP contribution in [-0.2, 0) is 9.53 Å². The topological polar surface area (TPSA) is 75.1 Å². The normalized spacial score (nSPS) is 41.9. The summed E-state index contributed by atoms with van der Waals surface area (Å²) >= 11 is 0. The Kier molecular flexibility index (Phi) is 3.77. The third-order valence-electron chi connectivity index (χ3n) is 6.20. The summed E-state index contributed by atoms with van der Waals surface area (Å²) in [7, 11) is 0. The largest absolute Gasteiger partial charge is 0.462 e. The Bertz CT molecular complexity index is 495. The molecule has 2 saturated carbocycles. The average molecular weight is 318 g/mol. The minimum atomic E-state index is 0.0235. The van der Waals surface area contributed by atoms with Gasteiger partial charge in [0.05, 0.1) is 17.0 Å². The summed E-state index contributed by atoms with van der Waals surface area (Å²) in [5, 5.41) is 8.31. The maximum atomic E-state index is 12.5. The molecule has 2 N–H and O–H groups in total. The van der Waals surface area contributed by atoms with E-state index in [1.54, 1.807) is 0 Å². The van der Waals surface area contributed by atoms with E-state index in [0.717, 1.165) is 64.2 Å². The molecule has 126 valence electrons. The van der Waals surface area contributed by atoms with Crippen molar-refractivity contribution in [3.05, 3.63) is 0 Å². The van der Waals surface area contributed by atoms with E-state index in [-0.39, 0.29) is 29.1 Å². The molecule has 0 saturated heterocycles. The molecule has 2 fully saturated rings. The Morgan fingerprint density at radius 1 is 0.913 bits per heavy atom. The van der Waals surface area contributed by atoms with Gasteiger partial charge in [-0.3, -0.25) is 4.79 Å². The molecule has 0 radical (unpaired) electrons. The minimum Gasteiger partial charge on any atom is -0.462 e. The number of hydrogen-bond donors (Lipinski definition) is 2. The molecule has 0 aromatic rings. The maximum absolute atomic E-state index is 12.5. The maximum Gasteiger partial charge on any atom is 0.309 e. The number of carbonyl (C=O) groups excluding carboxylic acids is 1. The standard InChI is InChI=1S/C17H26N4O2/c22-15(13-1-5-16(6-2-13)9-11-18-20-16)23-14-3-7-17(8-4-14)10-12-19-21-17/h11-14,20-21H,1-10H2. The van der Waals surface area contributed by atoms with Crippen LogP contribution in [0, 0.1) is 5.92 Å². The molecule has 23 heavy (non-hydrogen) atoms. The number of esters is 1. The summed E-state index contributed by atoms with van der Waals surface area (Å²) in [6, 6.07) is 0.